The number of carbonyl (C=O) groups excluding carboxylic acids is 4. The third kappa shape index (κ3) is 27.8. The van der Waals surface area contributed by atoms with Crippen LogP contribution < -0.4 is 31.9 Å². The second-order valence-corrected chi connectivity index (χ2v) is 30.9. The summed E-state index contributed by atoms with van der Waals surface area (Å²) in [5, 5.41) is 33.4. The molecule has 3 amide bonds. The largest absolute Gasteiger partial charge is 0.445 e. The van der Waals surface area contributed by atoms with Crippen molar-refractivity contribution in [3.8, 4) is 18.2 Å². The fourth-order valence-corrected chi connectivity index (χ4v) is 12.8. The monoisotopic (exact) mass is 1370 g/mol. The molecule has 6 N–H and O–H groups in total. The van der Waals surface area contributed by atoms with Gasteiger partial charge in [-0.15, -0.1) is 0 Å². The highest BCUT2D eigenvalue weighted by atomic mass is 19.1. The molecule has 0 atom stereocenters. The van der Waals surface area contributed by atoms with Gasteiger partial charge in [-0.25, -0.2) is 23.2 Å². The normalized spacial score (nSPS) is 17.2. The Hall–Kier alpha value is -8.16. The van der Waals surface area contributed by atoms with Crippen LogP contribution in [-0.4, -0.2) is 139 Å². The third-order valence-electron chi connectivity index (χ3n) is 19.0. The quantitative estimate of drug-likeness (QED) is 0.0583. The topological polar surface area (TPSA) is 269 Å². The SMILES string of the molecule is CC(C)(C)OC(=O)N1CCC(C#N)CC1.CC(C)(C)OC(=O)N1CCC(C(C)(C)N)CC1.CC(C)(N)C1CCN(c2ccc(F)cc2C#N)CC1.CC(C)(N=CC(=O)c1ccccc1)C1CCN(c2ccc(F)cc2C#N)CC1.CC(C)(NC(=O)OCc1ccccc1)C1CCNCC1. The fraction of sp³-hybridized carbons (Fsp3) is 0.590. The number of likely N-dealkylation sites (tertiary alicyclic amines) is 2. The minimum atomic E-state index is -0.441. The highest BCUT2D eigenvalue weighted by Crippen LogP contribution is 2.35. The van der Waals surface area contributed by atoms with Crippen molar-refractivity contribution in [1.82, 2.24) is 20.4 Å². The zero-order valence-electron chi connectivity index (χ0n) is 61.4. The maximum Gasteiger partial charge on any atom is 0.410 e. The average molecular weight is 1370 g/mol. The number of rotatable bonds is 12. The second kappa shape index (κ2) is 37.3. The van der Waals surface area contributed by atoms with Gasteiger partial charge in [-0.3, -0.25) is 9.79 Å². The van der Waals surface area contributed by atoms with Gasteiger partial charge in [0.1, 0.15) is 41.6 Å². The number of anilines is 2. The van der Waals surface area contributed by atoms with Crippen molar-refractivity contribution in [2.45, 2.75) is 201 Å². The van der Waals surface area contributed by atoms with E-state index < -0.39 is 17.0 Å². The molecule has 4 aromatic carbocycles. The van der Waals surface area contributed by atoms with E-state index in [1.807, 2.05) is 90.1 Å². The maximum atomic E-state index is 13.4. The number of hydrogen-bond acceptors (Lipinski definition) is 16. The van der Waals surface area contributed by atoms with Crippen molar-refractivity contribution in [3.05, 3.63) is 131 Å². The summed E-state index contributed by atoms with van der Waals surface area (Å²) in [5.74, 6) is 1.06. The average Bonchev–Trinajstić information content (AvgIpc) is 0.819. The van der Waals surface area contributed by atoms with Gasteiger partial charge >= 0.3 is 18.3 Å². The Balaban J connectivity index is 0.000000227. The zero-order valence-corrected chi connectivity index (χ0v) is 61.4. The molecule has 0 aliphatic carbocycles. The van der Waals surface area contributed by atoms with Crippen molar-refractivity contribution >= 4 is 41.7 Å². The van der Waals surface area contributed by atoms with E-state index in [1.165, 1.54) is 30.5 Å². The van der Waals surface area contributed by atoms with Gasteiger partial charge in [-0.05, 0) is 240 Å². The highest BCUT2D eigenvalue weighted by molar-refractivity contribution is 6.35. The number of benzene rings is 4. The number of amides is 3. The van der Waals surface area contributed by atoms with Crippen molar-refractivity contribution < 1.29 is 42.2 Å². The highest BCUT2D eigenvalue weighted by Gasteiger charge is 2.36. The Morgan fingerprint density at radius 3 is 1.36 bits per heavy atom. The third-order valence-corrected chi connectivity index (χ3v) is 19.0. The van der Waals surface area contributed by atoms with Gasteiger partial charge in [0, 0.05) is 80.5 Å². The number of nitriles is 3. The van der Waals surface area contributed by atoms with Crippen molar-refractivity contribution in [3.63, 3.8) is 0 Å². The standard InChI is InChI=1S/C23H24FN3O.C16H24N2O2.C15H20FN3.C13H26N2O2.C11H18N2O2/c1-23(2,26-16-22(28)17-6-4-3-5-7-17)19-10-12-27(13-11-19)21-9-8-20(24)14-18(21)15-25;1-16(2,14-8-10-17-11-9-14)18-15(19)20-12-13-6-4-3-5-7-13;1-15(2,18)12-5-7-19(8-6-12)14-4-3-13(16)9-11(14)10-17;1-12(2,3)17-11(16)15-8-6-10(7-9-15)13(4,5)14;1-11(2,3)15-10(14)13-6-4-9(8-12)5-7-13/h3-9,14,16,19H,10-13H2,1-2H3;3-7,14,17H,8-12H2,1-2H3,(H,18,19);3-4,9,12H,5-8,18H2,1-2H3;10H,6-9,14H2,1-5H3;9H,4-7H2,1-3H3. The lowest BCUT2D eigenvalue weighted by Crippen LogP contribution is -2.52. The molecule has 5 heterocycles. The molecule has 0 spiro atoms. The number of Topliss-reactive ketones (excluding diaryl/α,β-unsaturated/α-hetero) is 1. The van der Waals surface area contributed by atoms with E-state index in [2.05, 4.69) is 99.0 Å². The Bertz CT molecular complexity index is 3360. The van der Waals surface area contributed by atoms with Crippen LogP contribution in [0.2, 0.25) is 0 Å². The summed E-state index contributed by atoms with van der Waals surface area (Å²) in [5.41, 5.74) is 14.5. The number of ketones is 1. The summed E-state index contributed by atoms with van der Waals surface area (Å²) in [6.45, 7) is 36.1. The van der Waals surface area contributed by atoms with Gasteiger partial charge in [0.05, 0.1) is 40.3 Å². The van der Waals surface area contributed by atoms with E-state index in [-0.39, 0.29) is 58.0 Å². The minimum Gasteiger partial charge on any atom is -0.445 e. The lowest BCUT2D eigenvalue weighted by molar-refractivity contribution is 0.0154. The van der Waals surface area contributed by atoms with E-state index in [4.69, 9.17) is 36.2 Å². The molecule has 5 aliphatic rings. The van der Waals surface area contributed by atoms with Crippen LogP contribution in [0.1, 0.15) is 188 Å². The molecule has 21 heteroatoms. The van der Waals surface area contributed by atoms with Gasteiger partial charge < -0.3 is 55.9 Å². The summed E-state index contributed by atoms with van der Waals surface area (Å²) >= 11 is 0. The van der Waals surface area contributed by atoms with Crippen molar-refractivity contribution in [2.75, 3.05) is 75.2 Å². The second-order valence-electron chi connectivity index (χ2n) is 30.9. The predicted molar refractivity (Wildman–Crippen MR) is 388 cm³/mol. The number of ether oxygens (including phenoxy) is 3. The first-order valence-corrected chi connectivity index (χ1v) is 35.1. The Labute approximate surface area is 589 Å². The molecule has 0 bridgehead atoms. The molecule has 0 unspecified atom stereocenters. The number of halogens is 2. The lowest BCUT2D eigenvalue weighted by Gasteiger charge is -2.39. The Morgan fingerprint density at radius 2 is 0.960 bits per heavy atom. The summed E-state index contributed by atoms with van der Waals surface area (Å²) in [7, 11) is 0. The van der Waals surface area contributed by atoms with E-state index in [0.29, 0.717) is 60.1 Å². The van der Waals surface area contributed by atoms with Gasteiger partial charge in [0.2, 0.25) is 5.78 Å². The van der Waals surface area contributed by atoms with Gasteiger partial charge in [-0.1, -0.05) is 60.7 Å². The number of nitrogens with zero attached hydrogens (tertiary/aromatic N) is 8. The number of hydrogen-bond donors (Lipinski definition) is 4. The molecule has 4 aromatic rings. The summed E-state index contributed by atoms with van der Waals surface area (Å²) in [4.78, 5) is 60.0. The van der Waals surface area contributed by atoms with Crippen LogP contribution in [0.25, 0.3) is 0 Å². The molecule has 5 aliphatic heterocycles. The summed E-state index contributed by atoms with van der Waals surface area (Å²) in [6, 6.07) is 34.0. The molecular formula is C78H112F2N12O7. The van der Waals surface area contributed by atoms with E-state index in [1.54, 1.807) is 34.1 Å². The molecule has 19 nitrogen and oxygen atoms in total. The van der Waals surface area contributed by atoms with E-state index in [9.17, 15) is 33.2 Å². The number of alkyl carbamates (subject to hydrolysis) is 1. The first-order valence-electron chi connectivity index (χ1n) is 35.1. The van der Waals surface area contributed by atoms with Crippen LogP contribution in [0.4, 0.5) is 34.5 Å². The van der Waals surface area contributed by atoms with Gasteiger partial charge in [-0.2, -0.15) is 15.8 Å². The van der Waals surface area contributed by atoms with Crippen LogP contribution in [0.15, 0.2) is 102 Å². The number of nitrogens with two attached hydrogens (primary N) is 2. The maximum absolute atomic E-state index is 13.4. The molecular weight excluding hydrogens is 1250 g/mol. The summed E-state index contributed by atoms with van der Waals surface area (Å²) in [6.07, 6.45) is 10.1. The van der Waals surface area contributed by atoms with Gasteiger partial charge in [0.15, 0.2) is 0 Å². The zero-order chi connectivity index (χ0) is 73.4. The molecule has 540 valence electrons. The van der Waals surface area contributed by atoms with Crippen LogP contribution >= 0.6 is 0 Å². The van der Waals surface area contributed by atoms with Crippen molar-refractivity contribution in [1.29, 1.82) is 15.8 Å². The van der Waals surface area contributed by atoms with Crippen LogP contribution in [0.3, 0.4) is 0 Å². The van der Waals surface area contributed by atoms with Crippen LogP contribution in [0, 0.1) is 75.2 Å². The first-order chi connectivity index (χ1) is 46.4. The molecule has 5 fully saturated rings. The molecule has 9 rings (SSSR count). The first kappa shape index (κ1) is 81.5. The number of aliphatic imine (C=N–C) groups is 1. The Morgan fingerprint density at radius 1 is 0.556 bits per heavy atom. The van der Waals surface area contributed by atoms with Crippen LogP contribution in [-0.2, 0) is 20.8 Å². The van der Waals surface area contributed by atoms with E-state index >= 15 is 0 Å². The predicted octanol–water partition coefficient (Wildman–Crippen LogP) is 14.5. The minimum absolute atomic E-state index is 0.0870. The lowest BCUT2D eigenvalue weighted by atomic mass is 9.80. The smallest absolute Gasteiger partial charge is 0.410 e. The fourth-order valence-electron chi connectivity index (χ4n) is 12.8. The molecule has 0 radical (unpaired) electrons. The molecule has 0 aromatic heterocycles. The summed E-state index contributed by atoms with van der Waals surface area (Å²) < 4.78 is 42.4. The number of nitrogens with one attached hydrogen (secondary N) is 2. The number of carbonyl (C=O) groups is 4. The Kier molecular flexibility index (Phi) is 30.7. The van der Waals surface area contributed by atoms with Crippen LogP contribution in [0.5, 0.6) is 0 Å². The molecule has 5 saturated heterocycles. The van der Waals surface area contributed by atoms with E-state index in [0.717, 1.165) is 134 Å². The molecule has 99 heavy (non-hydrogen) atoms. The molecule has 0 saturated carbocycles. The van der Waals surface area contributed by atoms with Gasteiger partial charge in [0.25, 0.3) is 0 Å². The number of piperidine rings is 5. The van der Waals surface area contributed by atoms with Crippen molar-refractivity contribution in [2.24, 2.45) is 46.0 Å².